The molecule has 0 aliphatic carbocycles. The zero-order valence-corrected chi connectivity index (χ0v) is 16.8. The number of carbonyl (C=O) groups excluding carboxylic acids is 1. The molecule has 0 aliphatic heterocycles. The molecule has 4 rings (SSSR count). The number of amides is 1. The number of para-hydroxylation sites is 2. The van der Waals surface area contributed by atoms with Gasteiger partial charge in [0.05, 0.1) is 17.3 Å². The van der Waals surface area contributed by atoms with Crippen LogP contribution in [0.2, 0.25) is 0 Å². The Labute approximate surface area is 170 Å². The van der Waals surface area contributed by atoms with Crippen molar-refractivity contribution in [2.24, 2.45) is 0 Å². The van der Waals surface area contributed by atoms with E-state index in [4.69, 9.17) is 9.40 Å². The summed E-state index contributed by atoms with van der Waals surface area (Å²) in [4.78, 5) is 16.9. The van der Waals surface area contributed by atoms with Gasteiger partial charge in [-0.25, -0.2) is 4.98 Å². The highest BCUT2D eigenvalue weighted by molar-refractivity contribution is 5.91. The number of carbonyl (C=O) groups is 1. The number of hydrogen-bond donors (Lipinski definition) is 1. The zero-order valence-electron chi connectivity index (χ0n) is 16.8. The van der Waals surface area contributed by atoms with Gasteiger partial charge < -0.3 is 14.3 Å². The van der Waals surface area contributed by atoms with Gasteiger partial charge in [0.25, 0.3) is 5.91 Å². The standard InChI is InChI=1S/C24H25N3O2/c1-17(2)19-11-9-18(10-12-19)16-27-21-7-4-3-6-20(21)26-23(27)13-14-25-24(28)22-8-5-15-29-22/h3-12,15,17H,13-14,16H2,1-2H3,(H,25,28). The van der Waals surface area contributed by atoms with E-state index in [9.17, 15) is 4.79 Å². The van der Waals surface area contributed by atoms with E-state index in [1.807, 2.05) is 18.2 Å². The van der Waals surface area contributed by atoms with Gasteiger partial charge in [-0.1, -0.05) is 50.2 Å². The van der Waals surface area contributed by atoms with Crippen LogP contribution in [-0.4, -0.2) is 22.0 Å². The van der Waals surface area contributed by atoms with Crippen LogP contribution >= 0.6 is 0 Å². The van der Waals surface area contributed by atoms with Crippen LogP contribution in [-0.2, 0) is 13.0 Å². The lowest BCUT2D eigenvalue weighted by Crippen LogP contribution is -2.26. The van der Waals surface area contributed by atoms with Gasteiger partial charge in [0.15, 0.2) is 5.76 Å². The molecular weight excluding hydrogens is 362 g/mol. The first kappa shape index (κ1) is 19.0. The Hall–Kier alpha value is -3.34. The van der Waals surface area contributed by atoms with E-state index in [2.05, 4.69) is 54.1 Å². The molecule has 2 heterocycles. The predicted molar refractivity (Wildman–Crippen MR) is 114 cm³/mol. The molecule has 1 amide bonds. The molecule has 5 heteroatoms. The number of fused-ring (bicyclic) bond motifs is 1. The highest BCUT2D eigenvalue weighted by Crippen LogP contribution is 2.20. The Kier molecular flexibility index (Phi) is 5.47. The van der Waals surface area contributed by atoms with Crippen molar-refractivity contribution in [2.45, 2.75) is 32.7 Å². The summed E-state index contributed by atoms with van der Waals surface area (Å²) in [5, 5.41) is 2.90. The molecule has 0 radical (unpaired) electrons. The maximum Gasteiger partial charge on any atom is 0.286 e. The molecule has 5 nitrogen and oxygen atoms in total. The summed E-state index contributed by atoms with van der Waals surface area (Å²) < 4.78 is 7.38. The second-order valence-electron chi connectivity index (χ2n) is 7.48. The predicted octanol–water partition coefficient (Wildman–Crippen LogP) is 4.77. The molecular formula is C24H25N3O2. The van der Waals surface area contributed by atoms with Crippen LogP contribution in [0.1, 0.15) is 47.3 Å². The van der Waals surface area contributed by atoms with Gasteiger partial charge in [-0.15, -0.1) is 0 Å². The molecule has 0 fully saturated rings. The third-order valence-corrected chi connectivity index (χ3v) is 5.10. The second kappa shape index (κ2) is 8.35. The van der Waals surface area contributed by atoms with Crippen molar-refractivity contribution in [2.75, 3.05) is 6.54 Å². The summed E-state index contributed by atoms with van der Waals surface area (Å²) in [6.07, 6.45) is 2.14. The zero-order chi connectivity index (χ0) is 20.2. The maximum atomic E-state index is 12.1. The second-order valence-corrected chi connectivity index (χ2v) is 7.48. The monoisotopic (exact) mass is 387 g/mol. The number of nitrogens with zero attached hydrogens (tertiary/aromatic N) is 2. The molecule has 0 spiro atoms. The van der Waals surface area contributed by atoms with Gasteiger partial charge in [0, 0.05) is 19.5 Å². The van der Waals surface area contributed by atoms with Crippen molar-refractivity contribution >= 4 is 16.9 Å². The lowest BCUT2D eigenvalue weighted by molar-refractivity contribution is 0.0926. The van der Waals surface area contributed by atoms with Crippen molar-refractivity contribution in [1.29, 1.82) is 0 Å². The average molecular weight is 387 g/mol. The van der Waals surface area contributed by atoms with E-state index in [0.29, 0.717) is 24.6 Å². The highest BCUT2D eigenvalue weighted by atomic mass is 16.3. The largest absolute Gasteiger partial charge is 0.459 e. The number of aromatic nitrogens is 2. The van der Waals surface area contributed by atoms with Crippen molar-refractivity contribution in [3.05, 3.63) is 89.6 Å². The van der Waals surface area contributed by atoms with Crippen molar-refractivity contribution in [1.82, 2.24) is 14.9 Å². The van der Waals surface area contributed by atoms with E-state index in [1.54, 1.807) is 12.1 Å². The fourth-order valence-corrected chi connectivity index (χ4v) is 3.47. The first-order valence-electron chi connectivity index (χ1n) is 9.96. The summed E-state index contributed by atoms with van der Waals surface area (Å²) in [6, 6.07) is 20.3. The van der Waals surface area contributed by atoms with Crippen LogP contribution in [0.25, 0.3) is 11.0 Å². The number of hydrogen-bond acceptors (Lipinski definition) is 3. The first-order valence-corrected chi connectivity index (χ1v) is 9.96. The number of furan rings is 1. The molecule has 4 aromatic rings. The summed E-state index contributed by atoms with van der Waals surface area (Å²) in [6.45, 7) is 5.65. The molecule has 0 aliphatic rings. The van der Waals surface area contributed by atoms with Crippen LogP contribution in [0.4, 0.5) is 0 Å². The molecule has 0 bridgehead atoms. The molecule has 0 atom stereocenters. The quantitative estimate of drug-likeness (QED) is 0.497. The lowest BCUT2D eigenvalue weighted by Gasteiger charge is -2.11. The van der Waals surface area contributed by atoms with Crippen LogP contribution in [0.3, 0.4) is 0 Å². The van der Waals surface area contributed by atoms with Gasteiger partial charge in [0.2, 0.25) is 0 Å². The molecule has 148 valence electrons. The fourth-order valence-electron chi connectivity index (χ4n) is 3.47. The molecule has 2 aromatic heterocycles. The Balaban J connectivity index is 1.53. The summed E-state index contributed by atoms with van der Waals surface area (Å²) in [7, 11) is 0. The summed E-state index contributed by atoms with van der Waals surface area (Å²) in [5.74, 6) is 1.59. The number of benzene rings is 2. The Morgan fingerprint density at radius 3 is 2.59 bits per heavy atom. The van der Waals surface area contributed by atoms with E-state index in [1.165, 1.54) is 17.4 Å². The Bertz CT molecular complexity index is 1090. The van der Waals surface area contributed by atoms with Crippen LogP contribution in [0, 0.1) is 0 Å². The molecule has 1 N–H and O–H groups in total. The van der Waals surface area contributed by atoms with E-state index in [-0.39, 0.29) is 5.91 Å². The SMILES string of the molecule is CC(C)c1ccc(Cn2c(CCNC(=O)c3ccco3)nc3ccccc32)cc1. The minimum Gasteiger partial charge on any atom is -0.459 e. The summed E-state index contributed by atoms with van der Waals surface area (Å²) >= 11 is 0. The molecule has 2 aromatic carbocycles. The number of imidazole rings is 1. The first-order chi connectivity index (χ1) is 14.1. The fraction of sp³-hybridized carbons (Fsp3) is 0.250. The van der Waals surface area contributed by atoms with Crippen molar-refractivity contribution in [3.63, 3.8) is 0 Å². The maximum absolute atomic E-state index is 12.1. The normalized spacial score (nSPS) is 11.3. The molecule has 0 unspecified atom stereocenters. The van der Waals surface area contributed by atoms with Gasteiger partial charge >= 0.3 is 0 Å². The minimum absolute atomic E-state index is 0.207. The van der Waals surface area contributed by atoms with Gasteiger partial charge in [-0.3, -0.25) is 4.79 Å². The van der Waals surface area contributed by atoms with Gasteiger partial charge in [-0.2, -0.15) is 0 Å². The van der Waals surface area contributed by atoms with Crippen LogP contribution < -0.4 is 5.32 Å². The topological polar surface area (TPSA) is 60.1 Å². The van der Waals surface area contributed by atoms with Gasteiger partial charge in [0.1, 0.15) is 5.82 Å². The van der Waals surface area contributed by atoms with Crippen molar-refractivity contribution < 1.29 is 9.21 Å². The average Bonchev–Trinajstić information content (AvgIpc) is 3.37. The third kappa shape index (κ3) is 4.24. The number of nitrogens with one attached hydrogen (secondary N) is 1. The van der Waals surface area contributed by atoms with Crippen LogP contribution in [0.15, 0.2) is 71.3 Å². The van der Waals surface area contributed by atoms with E-state index >= 15 is 0 Å². The number of rotatable bonds is 7. The lowest BCUT2D eigenvalue weighted by atomic mass is 10.0. The minimum atomic E-state index is -0.207. The summed E-state index contributed by atoms with van der Waals surface area (Å²) in [5.41, 5.74) is 4.65. The van der Waals surface area contributed by atoms with Crippen LogP contribution in [0.5, 0.6) is 0 Å². The van der Waals surface area contributed by atoms with E-state index < -0.39 is 0 Å². The van der Waals surface area contributed by atoms with Gasteiger partial charge in [-0.05, 0) is 41.3 Å². The van der Waals surface area contributed by atoms with E-state index in [0.717, 1.165) is 23.4 Å². The van der Waals surface area contributed by atoms with Crippen molar-refractivity contribution in [3.8, 4) is 0 Å². The Morgan fingerprint density at radius 2 is 1.86 bits per heavy atom. The smallest absolute Gasteiger partial charge is 0.286 e. The molecule has 0 saturated carbocycles. The Morgan fingerprint density at radius 1 is 1.07 bits per heavy atom. The third-order valence-electron chi connectivity index (χ3n) is 5.10. The molecule has 0 saturated heterocycles. The highest BCUT2D eigenvalue weighted by Gasteiger charge is 2.13. The molecule has 29 heavy (non-hydrogen) atoms.